The van der Waals surface area contributed by atoms with Gasteiger partial charge in [0.2, 0.25) is 0 Å². The van der Waals surface area contributed by atoms with E-state index in [0.717, 1.165) is 44.0 Å². The van der Waals surface area contributed by atoms with Crippen LogP contribution < -0.4 is 0 Å². The zero-order valence-electron chi connectivity index (χ0n) is 15.3. The van der Waals surface area contributed by atoms with Gasteiger partial charge in [-0.3, -0.25) is 9.69 Å². The first-order valence-corrected chi connectivity index (χ1v) is 8.87. The summed E-state index contributed by atoms with van der Waals surface area (Å²) >= 11 is 0. The minimum absolute atomic E-state index is 0.0285. The molecule has 26 heavy (non-hydrogen) atoms. The number of aromatic nitrogens is 2. The van der Waals surface area contributed by atoms with E-state index in [1.165, 1.54) is 11.9 Å². The molecule has 1 saturated heterocycles. The topological polar surface area (TPSA) is 73.1 Å². The first-order valence-electron chi connectivity index (χ1n) is 8.87. The average molecular weight is 349 g/mol. The van der Waals surface area contributed by atoms with E-state index in [9.17, 15) is 4.79 Å². The second-order valence-corrected chi connectivity index (χ2v) is 6.65. The number of benzene rings is 1. The number of hydrogen-bond donors (Lipinski definition) is 0. The maximum atomic E-state index is 12.9. The average Bonchev–Trinajstić information content (AvgIpc) is 2.88. The van der Waals surface area contributed by atoms with Crippen molar-refractivity contribution < 1.29 is 4.79 Å². The molecule has 1 aliphatic heterocycles. The van der Waals surface area contributed by atoms with Crippen molar-refractivity contribution in [3.8, 4) is 6.07 Å². The van der Waals surface area contributed by atoms with Crippen LogP contribution in [0, 0.1) is 25.2 Å². The van der Waals surface area contributed by atoms with Gasteiger partial charge in [-0.25, -0.2) is 9.97 Å². The molecule has 0 aliphatic carbocycles. The van der Waals surface area contributed by atoms with E-state index in [1.54, 1.807) is 0 Å². The lowest BCUT2D eigenvalue weighted by Gasteiger charge is -2.23. The van der Waals surface area contributed by atoms with E-state index < -0.39 is 0 Å². The molecule has 134 valence electrons. The maximum absolute atomic E-state index is 12.9. The van der Waals surface area contributed by atoms with Gasteiger partial charge in [-0.1, -0.05) is 12.1 Å². The predicted octanol–water partition coefficient (Wildman–Crippen LogP) is 2.31. The van der Waals surface area contributed by atoms with Gasteiger partial charge in [0.15, 0.2) is 0 Å². The second-order valence-electron chi connectivity index (χ2n) is 6.65. The number of carbonyl (C=O) groups is 1. The van der Waals surface area contributed by atoms with Crippen molar-refractivity contribution >= 4 is 5.91 Å². The SMILES string of the molecule is Cc1ncnc(C)c1C(=O)N1CCCN(Cc2ccc(C#N)cc2)CC1. The minimum Gasteiger partial charge on any atom is -0.337 e. The van der Waals surface area contributed by atoms with Crippen LogP contribution in [0.25, 0.3) is 0 Å². The van der Waals surface area contributed by atoms with Crippen molar-refractivity contribution in [2.24, 2.45) is 0 Å². The van der Waals surface area contributed by atoms with Gasteiger partial charge in [-0.15, -0.1) is 0 Å². The number of amides is 1. The van der Waals surface area contributed by atoms with E-state index in [4.69, 9.17) is 5.26 Å². The molecule has 6 nitrogen and oxygen atoms in total. The fraction of sp³-hybridized carbons (Fsp3) is 0.400. The third kappa shape index (κ3) is 4.06. The van der Waals surface area contributed by atoms with Gasteiger partial charge in [0, 0.05) is 32.7 Å². The van der Waals surface area contributed by atoms with Crippen LogP contribution in [0.5, 0.6) is 0 Å². The van der Waals surface area contributed by atoms with Crippen LogP contribution in [-0.2, 0) is 6.54 Å². The van der Waals surface area contributed by atoms with Crippen LogP contribution in [-0.4, -0.2) is 51.9 Å². The molecular weight excluding hydrogens is 326 g/mol. The number of aryl methyl sites for hydroxylation is 2. The van der Waals surface area contributed by atoms with Crippen LogP contribution in [0.3, 0.4) is 0 Å². The Bertz CT molecular complexity index is 805. The Balaban J connectivity index is 1.64. The summed E-state index contributed by atoms with van der Waals surface area (Å²) in [5.74, 6) is 0.0285. The quantitative estimate of drug-likeness (QED) is 0.850. The highest BCUT2D eigenvalue weighted by atomic mass is 16.2. The van der Waals surface area contributed by atoms with Gasteiger partial charge >= 0.3 is 0 Å². The molecule has 2 aromatic rings. The summed E-state index contributed by atoms with van der Waals surface area (Å²) in [6.07, 6.45) is 2.44. The zero-order valence-corrected chi connectivity index (χ0v) is 15.3. The zero-order chi connectivity index (χ0) is 18.5. The van der Waals surface area contributed by atoms with Gasteiger partial charge in [-0.05, 0) is 38.0 Å². The Hall–Kier alpha value is -2.78. The second kappa shape index (κ2) is 8.07. The summed E-state index contributed by atoms with van der Waals surface area (Å²) in [4.78, 5) is 25.5. The summed E-state index contributed by atoms with van der Waals surface area (Å²) in [5.41, 5.74) is 3.97. The molecule has 1 fully saturated rings. The highest BCUT2D eigenvalue weighted by Gasteiger charge is 2.23. The molecule has 2 heterocycles. The smallest absolute Gasteiger partial charge is 0.257 e. The van der Waals surface area contributed by atoms with Crippen LogP contribution in [0.1, 0.15) is 39.3 Å². The van der Waals surface area contributed by atoms with Crippen molar-refractivity contribution in [3.05, 3.63) is 58.7 Å². The van der Waals surface area contributed by atoms with Crippen molar-refractivity contribution in [1.29, 1.82) is 5.26 Å². The molecular formula is C20H23N5O. The molecule has 0 saturated carbocycles. The Morgan fingerprint density at radius 2 is 1.77 bits per heavy atom. The summed E-state index contributed by atoms with van der Waals surface area (Å²) in [6, 6.07) is 9.85. The molecule has 0 atom stereocenters. The molecule has 0 N–H and O–H groups in total. The normalized spacial score (nSPS) is 15.3. The number of rotatable bonds is 3. The lowest BCUT2D eigenvalue weighted by molar-refractivity contribution is 0.0758. The van der Waals surface area contributed by atoms with Gasteiger partial charge in [0.1, 0.15) is 6.33 Å². The van der Waals surface area contributed by atoms with Crippen molar-refractivity contribution in [2.45, 2.75) is 26.8 Å². The van der Waals surface area contributed by atoms with Crippen LogP contribution in [0.4, 0.5) is 0 Å². The fourth-order valence-electron chi connectivity index (χ4n) is 3.34. The van der Waals surface area contributed by atoms with E-state index in [-0.39, 0.29) is 5.91 Å². The Labute approximate surface area is 154 Å². The molecule has 3 rings (SSSR count). The van der Waals surface area contributed by atoms with Gasteiger partial charge < -0.3 is 4.90 Å². The number of hydrogen-bond acceptors (Lipinski definition) is 5. The molecule has 0 radical (unpaired) electrons. The summed E-state index contributed by atoms with van der Waals surface area (Å²) in [5, 5.41) is 8.89. The number of nitrogens with zero attached hydrogens (tertiary/aromatic N) is 5. The van der Waals surface area contributed by atoms with Gasteiger partial charge in [0.05, 0.1) is 28.6 Å². The van der Waals surface area contributed by atoms with Crippen LogP contribution in [0.2, 0.25) is 0 Å². The minimum atomic E-state index is 0.0285. The molecule has 0 unspecified atom stereocenters. The van der Waals surface area contributed by atoms with Crippen LogP contribution in [0.15, 0.2) is 30.6 Å². The first kappa shape index (κ1) is 18.0. The number of carbonyl (C=O) groups excluding carboxylic acids is 1. The van der Waals surface area contributed by atoms with Crippen LogP contribution >= 0.6 is 0 Å². The molecule has 6 heteroatoms. The van der Waals surface area contributed by atoms with E-state index >= 15 is 0 Å². The summed E-state index contributed by atoms with van der Waals surface area (Å²) in [7, 11) is 0. The van der Waals surface area contributed by atoms with Crippen molar-refractivity contribution in [1.82, 2.24) is 19.8 Å². The predicted molar refractivity (Wildman–Crippen MR) is 98.5 cm³/mol. The summed E-state index contributed by atoms with van der Waals surface area (Å²) < 4.78 is 0. The Morgan fingerprint density at radius 3 is 2.42 bits per heavy atom. The molecule has 1 aromatic heterocycles. The van der Waals surface area contributed by atoms with Crippen molar-refractivity contribution in [2.75, 3.05) is 26.2 Å². The van der Waals surface area contributed by atoms with Gasteiger partial charge in [0.25, 0.3) is 5.91 Å². The van der Waals surface area contributed by atoms with E-state index in [2.05, 4.69) is 20.9 Å². The van der Waals surface area contributed by atoms with E-state index in [0.29, 0.717) is 17.7 Å². The first-order chi connectivity index (χ1) is 12.6. The van der Waals surface area contributed by atoms with E-state index in [1.807, 2.05) is 43.0 Å². The largest absolute Gasteiger partial charge is 0.337 e. The standard InChI is InChI=1S/C20H23N5O/c1-15-19(16(2)23-14-22-15)20(26)25-9-3-8-24(10-11-25)13-18-6-4-17(12-21)5-7-18/h4-7,14H,3,8-11,13H2,1-2H3. The highest BCUT2D eigenvalue weighted by Crippen LogP contribution is 2.15. The summed E-state index contributed by atoms with van der Waals surface area (Å²) in [6.45, 7) is 7.78. The molecule has 1 aromatic carbocycles. The Kier molecular flexibility index (Phi) is 5.59. The Morgan fingerprint density at radius 1 is 1.08 bits per heavy atom. The van der Waals surface area contributed by atoms with Gasteiger partial charge in [-0.2, -0.15) is 5.26 Å². The third-order valence-corrected chi connectivity index (χ3v) is 4.81. The fourth-order valence-corrected chi connectivity index (χ4v) is 3.34. The molecule has 1 amide bonds. The maximum Gasteiger partial charge on any atom is 0.257 e. The molecule has 1 aliphatic rings. The lowest BCUT2D eigenvalue weighted by Crippen LogP contribution is -2.36. The third-order valence-electron chi connectivity index (χ3n) is 4.81. The molecule has 0 spiro atoms. The molecule has 0 bridgehead atoms. The highest BCUT2D eigenvalue weighted by molar-refractivity contribution is 5.96. The lowest BCUT2D eigenvalue weighted by atomic mass is 10.1. The van der Waals surface area contributed by atoms with Crippen molar-refractivity contribution in [3.63, 3.8) is 0 Å². The monoisotopic (exact) mass is 349 g/mol. The number of nitriles is 1.